The molecule has 30 heavy (non-hydrogen) atoms. The highest BCUT2D eigenvalue weighted by Gasteiger charge is 2.20. The average molecular weight is 410 g/mol. The Morgan fingerprint density at radius 3 is 1.23 bits per heavy atom. The van der Waals surface area contributed by atoms with Gasteiger partial charge in [0.2, 0.25) is 11.8 Å². The van der Waals surface area contributed by atoms with Crippen molar-refractivity contribution in [2.45, 2.75) is 38.5 Å². The number of hydrogen-bond donors (Lipinski definition) is 2. The van der Waals surface area contributed by atoms with E-state index in [1.807, 2.05) is 0 Å². The van der Waals surface area contributed by atoms with Crippen molar-refractivity contribution in [2.24, 2.45) is 11.7 Å². The van der Waals surface area contributed by atoms with Gasteiger partial charge in [0.15, 0.2) is 0 Å². The molecule has 4 amide bonds. The second-order valence-electron chi connectivity index (χ2n) is 6.78. The smallest absolute Gasteiger partial charge is 0.273 e. The number of carbonyl (C=O) groups is 4. The van der Waals surface area contributed by atoms with Crippen LogP contribution in [0.5, 0.6) is 0 Å². The molecule has 0 aliphatic carbocycles. The zero-order valence-electron chi connectivity index (χ0n) is 16.7. The van der Waals surface area contributed by atoms with E-state index in [-0.39, 0.29) is 12.8 Å². The Bertz CT molecular complexity index is 798. The summed E-state index contributed by atoms with van der Waals surface area (Å²) in [6.45, 7) is 0. The zero-order valence-corrected chi connectivity index (χ0v) is 16.7. The Kier molecular flexibility index (Phi) is 8.86. The van der Waals surface area contributed by atoms with E-state index in [1.54, 1.807) is 60.7 Å². The molecule has 0 spiro atoms. The van der Waals surface area contributed by atoms with E-state index in [1.165, 1.54) is 0 Å². The quantitative estimate of drug-likeness (QED) is 0.283. The minimum atomic E-state index is -0.544. The first kappa shape index (κ1) is 22.9. The first-order valence-electron chi connectivity index (χ1n) is 9.76. The largest absolute Gasteiger partial charge is 0.274 e. The summed E-state index contributed by atoms with van der Waals surface area (Å²) in [6, 6.07) is 16.7. The maximum atomic E-state index is 12.1. The molecule has 8 heteroatoms. The van der Waals surface area contributed by atoms with Gasteiger partial charge in [0, 0.05) is 24.0 Å². The second kappa shape index (κ2) is 11.6. The summed E-state index contributed by atoms with van der Waals surface area (Å²) in [5, 5.41) is 1.28. The van der Waals surface area contributed by atoms with E-state index in [2.05, 4.69) is 0 Å². The summed E-state index contributed by atoms with van der Waals surface area (Å²) < 4.78 is 0. The van der Waals surface area contributed by atoms with Crippen molar-refractivity contribution >= 4 is 23.6 Å². The maximum Gasteiger partial charge on any atom is 0.274 e. The molecule has 8 nitrogen and oxygen atoms in total. The molecule has 0 saturated carbocycles. The number of hydrazine groups is 2. The molecule has 2 aromatic carbocycles. The van der Waals surface area contributed by atoms with Crippen molar-refractivity contribution in [1.29, 1.82) is 0 Å². The molecule has 0 unspecified atom stereocenters. The molecular weight excluding hydrogens is 384 g/mol. The molecule has 0 fully saturated rings. The van der Waals surface area contributed by atoms with Gasteiger partial charge in [0.05, 0.1) is 0 Å². The van der Waals surface area contributed by atoms with Crippen LogP contribution in [-0.2, 0) is 9.59 Å². The zero-order chi connectivity index (χ0) is 21.9. The number of imide groups is 2. The number of rotatable bonds is 9. The molecule has 0 heterocycles. The van der Waals surface area contributed by atoms with Gasteiger partial charge in [0.25, 0.3) is 11.8 Å². The lowest BCUT2D eigenvalue weighted by molar-refractivity contribution is -0.130. The number of benzene rings is 2. The van der Waals surface area contributed by atoms with Gasteiger partial charge < -0.3 is 0 Å². The normalized spacial score (nSPS) is 10.3. The molecule has 0 atom stereocenters. The molecule has 0 aliphatic heterocycles. The first-order chi connectivity index (χ1) is 14.4. The number of nitrogens with two attached hydrogens (primary N) is 2. The van der Waals surface area contributed by atoms with Crippen LogP contribution in [0.2, 0.25) is 0 Å². The maximum absolute atomic E-state index is 12.1. The van der Waals surface area contributed by atoms with E-state index >= 15 is 0 Å². The van der Waals surface area contributed by atoms with Crippen molar-refractivity contribution in [3.8, 4) is 0 Å². The monoisotopic (exact) mass is 410 g/mol. The van der Waals surface area contributed by atoms with E-state index in [4.69, 9.17) is 11.7 Å². The molecule has 0 radical (unpaired) electrons. The van der Waals surface area contributed by atoms with Gasteiger partial charge in [-0.3, -0.25) is 19.2 Å². The van der Waals surface area contributed by atoms with Gasteiger partial charge in [0.1, 0.15) is 0 Å². The molecular formula is C22H26N4O4. The van der Waals surface area contributed by atoms with Crippen molar-refractivity contribution in [3.05, 3.63) is 71.8 Å². The van der Waals surface area contributed by atoms with Crippen LogP contribution in [0.15, 0.2) is 60.7 Å². The van der Waals surface area contributed by atoms with Gasteiger partial charge in [-0.15, -0.1) is 0 Å². The van der Waals surface area contributed by atoms with E-state index < -0.39 is 23.6 Å². The summed E-state index contributed by atoms with van der Waals surface area (Å²) in [5.41, 5.74) is 0.700. The van der Waals surface area contributed by atoms with Crippen LogP contribution in [0.1, 0.15) is 59.2 Å². The predicted molar refractivity (Wildman–Crippen MR) is 111 cm³/mol. The molecule has 2 aromatic rings. The van der Waals surface area contributed by atoms with Gasteiger partial charge in [-0.1, -0.05) is 49.2 Å². The highest BCUT2D eigenvalue weighted by Crippen LogP contribution is 2.10. The SMILES string of the molecule is NN(C(=O)CCCCCCC(=O)N(N)C(=O)c1ccccc1)C(=O)c1ccccc1. The summed E-state index contributed by atoms with van der Waals surface area (Å²) in [6.07, 6.45) is 2.72. The Morgan fingerprint density at radius 2 is 0.900 bits per heavy atom. The van der Waals surface area contributed by atoms with Gasteiger partial charge in [-0.05, 0) is 37.1 Å². The van der Waals surface area contributed by atoms with Crippen LogP contribution in [0.3, 0.4) is 0 Å². The minimum Gasteiger partial charge on any atom is -0.273 e. The standard InChI is InChI=1S/C22H26N4O4/c23-25(21(29)17-11-5-3-6-12-17)19(27)15-9-1-2-10-16-20(28)26(24)22(30)18-13-7-4-8-14-18/h3-8,11-14H,1-2,9-10,15-16,23-24H2. The van der Waals surface area contributed by atoms with Crippen molar-refractivity contribution in [2.75, 3.05) is 0 Å². The van der Waals surface area contributed by atoms with Crippen LogP contribution in [0, 0.1) is 0 Å². The molecule has 0 aromatic heterocycles. The predicted octanol–water partition coefficient (Wildman–Crippen LogP) is 2.41. The fraction of sp³-hybridized carbons (Fsp3) is 0.273. The van der Waals surface area contributed by atoms with E-state index in [9.17, 15) is 19.2 Å². The molecule has 0 bridgehead atoms. The topological polar surface area (TPSA) is 127 Å². The Balaban J connectivity index is 1.64. The Morgan fingerprint density at radius 1 is 0.567 bits per heavy atom. The van der Waals surface area contributed by atoms with Crippen molar-refractivity contribution in [1.82, 2.24) is 10.0 Å². The van der Waals surface area contributed by atoms with Gasteiger partial charge >= 0.3 is 0 Å². The molecule has 0 aliphatic rings. The fourth-order valence-corrected chi connectivity index (χ4v) is 2.81. The summed E-state index contributed by atoms with van der Waals surface area (Å²) in [5.74, 6) is 9.24. The molecule has 2 rings (SSSR count). The Labute approximate surface area is 175 Å². The van der Waals surface area contributed by atoms with Crippen molar-refractivity contribution < 1.29 is 19.2 Å². The molecule has 158 valence electrons. The summed E-state index contributed by atoms with van der Waals surface area (Å²) in [7, 11) is 0. The first-order valence-corrected chi connectivity index (χ1v) is 9.76. The van der Waals surface area contributed by atoms with Crippen LogP contribution in [0.25, 0.3) is 0 Å². The summed E-state index contributed by atoms with van der Waals surface area (Å²) >= 11 is 0. The highest BCUT2D eigenvalue weighted by molar-refractivity contribution is 6.04. The van der Waals surface area contributed by atoms with Crippen LogP contribution in [0.4, 0.5) is 0 Å². The minimum absolute atomic E-state index is 0.137. The number of carbonyl (C=O) groups excluding carboxylic acids is 4. The second-order valence-corrected chi connectivity index (χ2v) is 6.78. The number of unbranched alkanes of at least 4 members (excludes halogenated alkanes) is 3. The summed E-state index contributed by atoms with van der Waals surface area (Å²) in [4.78, 5) is 48.4. The highest BCUT2D eigenvalue weighted by atomic mass is 16.2. The average Bonchev–Trinajstić information content (AvgIpc) is 2.80. The fourth-order valence-electron chi connectivity index (χ4n) is 2.81. The van der Waals surface area contributed by atoms with Gasteiger partial charge in [-0.25, -0.2) is 21.7 Å². The lowest BCUT2D eigenvalue weighted by atomic mass is 10.1. The third-order valence-corrected chi connectivity index (χ3v) is 4.55. The lowest BCUT2D eigenvalue weighted by Gasteiger charge is -2.15. The van der Waals surface area contributed by atoms with Crippen LogP contribution in [-0.4, -0.2) is 33.6 Å². The lowest BCUT2D eigenvalue weighted by Crippen LogP contribution is -2.42. The third-order valence-electron chi connectivity index (χ3n) is 4.55. The Hall–Kier alpha value is -3.36. The van der Waals surface area contributed by atoms with Gasteiger partial charge in [-0.2, -0.15) is 0 Å². The van der Waals surface area contributed by atoms with E-state index in [0.29, 0.717) is 46.8 Å². The van der Waals surface area contributed by atoms with Crippen LogP contribution < -0.4 is 11.7 Å². The van der Waals surface area contributed by atoms with E-state index in [0.717, 1.165) is 0 Å². The number of amides is 4. The van der Waals surface area contributed by atoms with Crippen LogP contribution >= 0.6 is 0 Å². The molecule has 0 saturated heterocycles. The third kappa shape index (κ3) is 6.61. The number of hydrogen-bond acceptors (Lipinski definition) is 6. The number of nitrogens with zero attached hydrogens (tertiary/aromatic N) is 2. The molecule has 4 N–H and O–H groups in total. The van der Waals surface area contributed by atoms with Crippen molar-refractivity contribution in [3.63, 3.8) is 0 Å².